The molecule has 0 amide bonds. The van der Waals surface area contributed by atoms with Crippen molar-refractivity contribution < 1.29 is 0 Å². The summed E-state index contributed by atoms with van der Waals surface area (Å²) in [6, 6.07) is 10.0. The average Bonchev–Trinajstić information content (AvgIpc) is 2.37. The number of anilines is 1. The molecule has 0 atom stereocenters. The third-order valence-corrected chi connectivity index (χ3v) is 2.70. The first-order valence-corrected chi connectivity index (χ1v) is 5.98. The van der Waals surface area contributed by atoms with Crippen LogP contribution in [0.2, 0.25) is 0 Å². The second-order valence-corrected chi connectivity index (χ2v) is 4.10. The van der Waals surface area contributed by atoms with Gasteiger partial charge in [0, 0.05) is 24.3 Å². The number of aryl methyl sites for hydroxylation is 1. The maximum Gasteiger partial charge on any atom is 0.223 e. The Morgan fingerprint density at radius 1 is 1.24 bits per heavy atom. The third kappa shape index (κ3) is 3.43. The van der Waals surface area contributed by atoms with Crippen molar-refractivity contribution in [1.29, 1.82) is 0 Å². The molecule has 0 fully saturated rings. The predicted octanol–water partition coefficient (Wildman–Crippen LogP) is 3.14. The van der Waals surface area contributed by atoms with E-state index in [4.69, 9.17) is 11.6 Å². The fourth-order valence-electron chi connectivity index (χ4n) is 1.54. The Morgan fingerprint density at radius 3 is 2.82 bits per heavy atom. The number of rotatable bonds is 4. The summed E-state index contributed by atoms with van der Waals surface area (Å²) in [6.07, 6.45) is 1.75. The number of hydrogen-bond acceptors (Lipinski definition) is 3. The molecule has 0 aliphatic heterocycles. The molecule has 88 valence electrons. The summed E-state index contributed by atoms with van der Waals surface area (Å²) in [7, 11) is 0. The highest BCUT2D eigenvalue weighted by atomic mass is 35.5. The minimum absolute atomic E-state index is 0.536. The summed E-state index contributed by atoms with van der Waals surface area (Å²) in [5.74, 6) is 1.19. The summed E-state index contributed by atoms with van der Waals surface area (Å²) in [5, 5.41) is 3.19. The molecule has 0 radical (unpaired) electrons. The van der Waals surface area contributed by atoms with Crippen LogP contribution >= 0.6 is 11.6 Å². The molecule has 17 heavy (non-hydrogen) atoms. The topological polar surface area (TPSA) is 37.8 Å². The van der Waals surface area contributed by atoms with Gasteiger partial charge in [-0.1, -0.05) is 24.3 Å². The van der Waals surface area contributed by atoms with Crippen LogP contribution < -0.4 is 5.32 Å². The van der Waals surface area contributed by atoms with Crippen molar-refractivity contribution >= 4 is 17.5 Å². The highest BCUT2D eigenvalue weighted by Crippen LogP contribution is 2.09. The monoisotopic (exact) mass is 247 g/mol. The predicted molar refractivity (Wildman–Crippen MR) is 70.1 cm³/mol. The van der Waals surface area contributed by atoms with Crippen LogP contribution in [-0.2, 0) is 12.4 Å². The van der Waals surface area contributed by atoms with Crippen LogP contribution in [0.25, 0.3) is 0 Å². The Kier molecular flexibility index (Phi) is 3.94. The van der Waals surface area contributed by atoms with E-state index in [0.717, 1.165) is 11.3 Å². The van der Waals surface area contributed by atoms with Crippen molar-refractivity contribution in [2.75, 3.05) is 5.32 Å². The lowest BCUT2D eigenvalue weighted by Crippen LogP contribution is -2.04. The lowest BCUT2D eigenvalue weighted by Gasteiger charge is -2.06. The first-order valence-electron chi connectivity index (χ1n) is 5.45. The molecule has 0 bridgehead atoms. The maximum atomic E-state index is 5.79. The molecule has 0 aliphatic carbocycles. The Balaban J connectivity index is 2.02. The summed E-state index contributed by atoms with van der Waals surface area (Å²) in [5.41, 5.74) is 3.25. The first kappa shape index (κ1) is 11.9. The van der Waals surface area contributed by atoms with Crippen molar-refractivity contribution in [1.82, 2.24) is 9.97 Å². The van der Waals surface area contributed by atoms with Gasteiger partial charge in [-0.3, -0.25) is 0 Å². The molecule has 2 aromatic rings. The zero-order valence-corrected chi connectivity index (χ0v) is 10.4. The normalized spacial score (nSPS) is 10.2. The summed E-state index contributed by atoms with van der Waals surface area (Å²) in [6.45, 7) is 2.65. The average molecular weight is 248 g/mol. The highest BCUT2D eigenvalue weighted by Gasteiger charge is 1.98. The second-order valence-electron chi connectivity index (χ2n) is 3.83. The van der Waals surface area contributed by atoms with Gasteiger partial charge in [0.1, 0.15) is 0 Å². The number of halogens is 1. The number of nitrogens with zero attached hydrogens (tertiary/aromatic N) is 2. The third-order valence-electron chi connectivity index (χ3n) is 2.39. The molecular formula is C13H14ClN3. The van der Waals surface area contributed by atoms with Gasteiger partial charge in [-0.25, -0.2) is 9.97 Å². The van der Waals surface area contributed by atoms with Gasteiger partial charge in [0.05, 0.1) is 0 Å². The fourth-order valence-corrected chi connectivity index (χ4v) is 1.70. The summed E-state index contributed by atoms with van der Waals surface area (Å²) >= 11 is 5.79. The largest absolute Gasteiger partial charge is 0.350 e. The lowest BCUT2D eigenvalue weighted by atomic mass is 10.1. The Labute approximate surface area is 106 Å². The van der Waals surface area contributed by atoms with Gasteiger partial charge in [-0.2, -0.15) is 0 Å². The molecule has 0 spiro atoms. The Morgan fingerprint density at radius 2 is 2.06 bits per heavy atom. The van der Waals surface area contributed by atoms with Gasteiger partial charge < -0.3 is 5.32 Å². The summed E-state index contributed by atoms with van der Waals surface area (Å²) in [4.78, 5) is 8.43. The van der Waals surface area contributed by atoms with Crippen LogP contribution in [0.1, 0.15) is 16.8 Å². The van der Waals surface area contributed by atoms with E-state index in [1.165, 1.54) is 5.56 Å². The minimum Gasteiger partial charge on any atom is -0.350 e. The van der Waals surface area contributed by atoms with Crippen LogP contribution in [0.4, 0.5) is 5.95 Å². The Bertz CT molecular complexity index is 500. The van der Waals surface area contributed by atoms with Crippen LogP contribution in [0.5, 0.6) is 0 Å². The van der Waals surface area contributed by atoms with Crippen LogP contribution in [-0.4, -0.2) is 9.97 Å². The molecule has 4 heteroatoms. The van der Waals surface area contributed by atoms with Gasteiger partial charge >= 0.3 is 0 Å². The molecule has 1 aromatic carbocycles. The number of hydrogen-bond donors (Lipinski definition) is 1. The van der Waals surface area contributed by atoms with Gasteiger partial charge in [0.25, 0.3) is 0 Å². The first-order chi connectivity index (χ1) is 8.28. The molecule has 1 heterocycles. The number of alkyl halides is 1. The zero-order chi connectivity index (χ0) is 12.1. The highest BCUT2D eigenvalue weighted by molar-refractivity contribution is 6.17. The molecule has 3 nitrogen and oxygen atoms in total. The van der Waals surface area contributed by atoms with E-state index >= 15 is 0 Å². The number of nitrogens with one attached hydrogen (secondary N) is 1. The van der Waals surface area contributed by atoms with Gasteiger partial charge in [-0.15, -0.1) is 11.6 Å². The molecule has 0 unspecified atom stereocenters. The van der Waals surface area contributed by atoms with Crippen molar-refractivity contribution in [2.45, 2.75) is 19.3 Å². The molecular weight excluding hydrogens is 234 g/mol. The van der Waals surface area contributed by atoms with Crippen LogP contribution in [0.15, 0.2) is 36.5 Å². The minimum atomic E-state index is 0.536. The van der Waals surface area contributed by atoms with E-state index in [1.807, 2.05) is 25.1 Å². The van der Waals surface area contributed by atoms with Crippen molar-refractivity contribution in [3.05, 3.63) is 53.3 Å². The van der Waals surface area contributed by atoms with Crippen LogP contribution in [0, 0.1) is 6.92 Å². The second kappa shape index (κ2) is 5.64. The van der Waals surface area contributed by atoms with Crippen molar-refractivity contribution in [2.24, 2.45) is 0 Å². The van der Waals surface area contributed by atoms with E-state index in [0.29, 0.717) is 18.4 Å². The SMILES string of the molecule is Cc1ccnc(NCc2cccc(CCl)c2)n1. The zero-order valence-electron chi connectivity index (χ0n) is 9.65. The molecule has 0 saturated heterocycles. The van der Waals surface area contributed by atoms with E-state index < -0.39 is 0 Å². The fraction of sp³-hybridized carbons (Fsp3) is 0.231. The van der Waals surface area contributed by atoms with E-state index in [1.54, 1.807) is 6.20 Å². The Hall–Kier alpha value is -1.61. The number of aromatic nitrogens is 2. The van der Waals surface area contributed by atoms with Crippen molar-refractivity contribution in [3.63, 3.8) is 0 Å². The van der Waals surface area contributed by atoms with Crippen LogP contribution in [0.3, 0.4) is 0 Å². The van der Waals surface area contributed by atoms with Gasteiger partial charge in [0.2, 0.25) is 5.95 Å². The molecule has 1 N–H and O–H groups in total. The smallest absolute Gasteiger partial charge is 0.223 e. The maximum absolute atomic E-state index is 5.79. The van der Waals surface area contributed by atoms with Gasteiger partial charge in [0.15, 0.2) is 0 Å². The van der Waals surface area contributed by atoms with Gasteiger partial charge in [-0.05, 0) is 24.1 Å². The van der Waals surface area contributed by atoms with Crippen molar-refractivity contribution in [3.8, 4) is 0 Å². The van der Waals surface area contributed by atoms with E-state index in [-0.39, 0.29) is 0 Å². The number of benzene rings is 1. The summed E-state index contributed by atoms with van der Waals surface area (Å²) < 4.78 is 0. The molecule has 0 aliphatic rings. The van der Waals surface area contributed by atoms with E-state index in [9.17, 15) is 0 Å². The standard InChI is InChI=1S/C13H14ClN3/c1-10-5-6-15-13(17-10)16-9-12-4-2-3-11(7-12)8-14/h2-7H,8-9H2,1H3,(H,15,16,17). The van der Waals surface area contributed by atoms with E-state index in [2.05, 4.69) is 27.4 Å². The quantitative estimate of drug-likeness (QED) is 0.844. The molecule has 2 rings (SSSR count). The lowest BCUT2D eigenvalue weighted by molar-refractivity contribution is 1.03. The molecule has 1 aromatic heterocycles. The molecule has 0 saturated carbocycles.